The Morgan fingerprint density at radius 3 is 2.50 bits per heavy atom. The minimum atomic E-state index is -0.248. The maximum absolute atomic E-state index is 12.8. The third-order valence-corrected chi connectivity index (χ3v) is 2.95. The van der Waals surface area contributed by atoms with Gasteiger partial charge in [-0.2, -0.15) is 0 Å². The average molecular weight is 294 g/mol. The molecule has 2 nitrogen and oxygen atoms in total. The molecule has 0 amide bonds. The van der Waals surface area contributed by atoms with Gasteiger partial charge in [-0.15, -0.1) is 0 Å². The van der Waals surface area contributed by atoms with Crippen LogP contribution in [0.1, 0.15) is 19.4 Å². The largest absolute Gasteiger partial charge is 0.491 e. The van der Waals surface area contributed by atoms with Gasteiger partial charge in [-0.25, -0.2) is 4.39 Å². The van der Waals surface area contributed by atoms with Crippen molar-refractivity contribution in [2.75, 3.05) is 5.32 Å². The summed E-state index contributed by atoms with van der Waals surface area (Å²) in [5, 5.41) is 3.89. The molecule has 0 fully saturated rings. The van der Waals surface area contributed by atoms with E-state index in [1.807, 2.05) is 26.0 Å². The van der Waals surface area contributed by atoms with Gasteiger partial charge in [-0.3, -0.25) is 0 Å². The lowest BCUT2D eigenvalue weighted by Gasteiger charge is -2.15. The fourth-order valence-electron chi connectivity index (χ4n) is 1.82. The number of hydrogen-bond donors (Lipinski definition) is 1. The first-order valence-corrected chi connectivity index (χ1v) is 6.87. The van der Waals surface area contributed by atoms with Crippen molar-refractivity contribution in [3.8, 4) is 5.75 Å². The van der Waals surface area contributed by atoms with Crippen LogP contribution in [0.4, 0.5) is 10.1 Å². The highest BCUT2D eigenvalue weighted by Crippen LogP contribution is 2.25. The number of rotatable bonds is 5. The van der Waals surface area contributed by atoms with Crippen molar-refractivity contribution in [1.82, 2.24) is 0 Å². The van der Waals surface area contributed by atoms with E-state index < -0.39 is 0 Å². The molecule has 0 aromatic heterocycles. The molecule has 0 aliphatic carbocycles. The molecule has 106 valence electrons. The quantitative estimate of drug-likeness (QED) is 0.848. The zero-order valence-corrected chi connectivity index (χ0v) is 12.2. The Bertz CT molecular complexity index is 569. The van der Waals surface area contributed by atoms with E-state index >= 15 is 0 Å². The topological polar surface area (TPSA) is 21.3 Å². The fourth-order valence-corrected chi connectivity index (χ4v) is 2.01. The summed E-state index contributed by atoms with van der Waals surface area (Å²) in [4.78, 5) is 0. The highest BCUT2D eigenvalue weighted by atomic mass is 35.5. The highest BCUT2D eigenvalue weighted by Gasteiger charge is 2.07. The van der Waals surface area contributed by atoms with Gasteiger partial charge in [0.1, 0.15) is 11.6 Å². The van der Waals surface area contributed by atoms with E-state index in [9.17, 15) is 4.39 Å². The lowest BCUT2D eigenvalue weighted by Crippen LogP contribution is -2.09. The zero-order chi connectivity index (χ0) is 14.5. The van der Waals surface area contributed by atoms with E-state index in [0.717, 1.165) is 17.0 Å². The van der Waals surface area contributed by atoms with Crippen LogP contribution in [0.15, 0.2) is 42.5 Å². The molecule has 0 unspecified atom stereocenters. The molecular weight excluding hydrogens is 277 g/mol. The summed E-state index contributed by atoms with van der Waals surface area (Å²) in [7, 11) is 0. The molecule has 2 rings (SSSR count). The summed E-state index contributed by atoms with van der Waals surface area (Å²) in [5.74, 6) is 0.557. The Kier molecular flexibility index (Phi) is 4.85. The van der Waals surface area contributed by atoms with E-state index in [1.165, 1.54) is 12.1 Å². The van der Waals surface area contributed by atoms with Gasteiger partial charge >= 0.3 is 0 Å². The molecule has 0 spiro atoms. The Balaban J connectivity index is 2.11. The van der Waals surface area contributed by atoms with Gasteiger partial charge < -0.3 is 10.1 Å². The summed E-state index contributed by atoms with van der Waals surface area (Å²) in [6.07, 6.45) is 0.0979. The summed E-state index contributed by atoms with van der Waals surface area (Å²) in [6, 6.07) is 11.8. The predicted octanol–water partition coefficient (Wildman–Crippen LogP) is 4.88. The molecule has 4 heteroatoms. The lowest BCUT2D eigenvalue weighted by molar-refractivity contribution is 0.240. The van der Waals surface area contributed by atoms with Crippen LogP contribution in [0.5, 0.6) is 5.75 Å². The molecule has 0 atom stereocenters. The molecule has 0 saturated carbocycles. The first kappa shape index (κ1) is 14.7. The fraction of sp³-hybridized carbons (Fsp3) is 0.250. The Morgan fingerprint density at radius 1 is 1.15 bits per heavy atom. The van der Waals surface area contributed by atoms with Crippen molar-refractivity contribution in [3.05, 3.63) is 58.9 Å². The van der Waals surface area contributed by atoms with Gasteiger partial charge in [0.15, 0.2) is 0 Å². The smallest absolute Gasteiger partial charge is 0.124 e. The molecule has 0 saturated heterocycles. The predicted molar refractivity (Wildman–Crippen MR) is 80.9 cm³/mol. The van der Waals surface area contributed by atoms with E-state index in [2.05, 4.69) is 5.32 Å². The van der Waals surface area contributed by atoms with Crippen molar-refractivity contribution < 1.29 is 9.13 Å². The number of benzene rings is 2. The third-order valence-electron chi connectivity index (χ3n) is 2.71. The molecule has 0 bridgehead atoms. The monoisotopic (exact) mass is 293 g/mol. The van der Waals surface area contributed by atoms with Crippen LogP contribution in [-0.4, -0.2) is 6.10 Å². The first-order chi connectivity index (χ1) is 9.54. The van der Waals surface area contributed by atoms with Crippen LogP contribution < -0.4 is 10.1 Å². The number of ether oxygens (including phenoxy) is 1. The van der Waals surface area contributed by atoms with Gasteiger partial charge in [-0.05, 0) is 56.3 Å². The van der Waals surface area contributed by atoms with Gasteiger partial charge in [0, 0.05) is 22.8 Å². The minimum Gasteiger partial charge on any atom is -0.491 e. The molecule has 2 aromatic rings. The van der Waals surface area contributed by atoms with Crippen molar-refractivity contribution in [1.29, 1.82) is 0 Å². The normalized spacial score (nSPS) is 10.7. The molecule has 20 heavy (non-hydrogen) atoms. The Hall–Kier alpha value is -1.74. The number of halogens is 2. The van der Waals surface area contributed by atoms with E-state index in [1.54, 1.807) is 18.2 Å². The summed E-state index contributed by atoms with van der Waals surface area (Å²) in [6.45, 7) is 4.52. The van der Waals surface area contributed by atoms with Crippen LogP contribution in [0.25, 0.3) is 0 Å². The summed E-state index contributed by atoms with van der Waals surface area (Å²) in [5.41, 5.74) is 1.82. The molecule has 0 aliphatic heterocycles. The van der Waals surface area contributed by atoms with Crippen molar-refractivity contribution in [3.63, 3.8) is 0 Å². The van der Waals surface area contributed by atoms with Gasteiger partial charge in [0.05, 0.1) is 6.10 Å². The lowest BCUT2D eigenvalue weighted by atomic mass is 10.2. The maximum atomic E-state index is 12.8. The first-order valence-electron chi connectivity index (χ1n) is 6.49. The second kappa shape index (κ2) is 6.62. The minimum absolute atomic E-state index is 0.0979. The van der Waals surface area contributed by atoms with E-state index in [0.29, 0.717) is 11.6 Å². The molecule has 0 aliphatic rings. The summed E-state index contributed by atoms with van der Waals surface area (Å²) < 4.78 is 18.6. The van der Waals surface area contributed by atoms with Crippen molar-refractivity contribution >= 4 is 17.3 Å². The number of nitrogens with one attached hydrogen (secondary N) is 1. The Morgan fingerprint density at radius 2 is 1.85 bits per heavy atom. The Labute approximate surface area is 123 Å². The van der Waals surface area contributed by atoms with Gasteiger partial charge in [0.2, 0.25) is 0 Å². The van der Waals surface area contributed by atoms with Gasteiger partial charge in [-0.1, -0.05) is 11.6 Å². The average Bonchev–Trinajstić information content (AvgIpc) is 2.40. The number of hydrogen-bond acceptors (Lipinski definition) is 2. The maximum Gasteiger partial charge on any atom is 0.124 e. The number of anilines is 1. The molecule has 2 aromatic carbocycles. The van der Waals surface area contributed by atoms with Crippen molar-refractivity contribution in [2.24, 2.45) is 0 Å². The second-order valence-electron chi connectivity index (χ2n) is 4.78. The van der Waals surface area contributed by atoms with Crippen LogP contribution >= 0.6 is 11.6 Å². The second-order valence-corrected chi connectivity index (χ2v) is 5.22. The zero-order valence-electron chi connectivity index (χ0n) is 11.5. The van der Waals surface area contributed by atoms with Crippen LogP contribution in [0.2, 0.25) is 5.02 Å². The third kappa shape index (κ3) is 4.14. The molecule has 0 heterocycles. The highest BCUT2D eigenvalue weighted by molar-refractivity contribution is 6.30. The molecule has 0 radical (unpaired) electrons. The van der Waals surface area contributed by atoms with Crippen molar-refractivity contribution in [2.45, 2.75) is 26.5 Å². The van der Waals surface area contributed by atoms with Crippen LogP contribution in [-0.2, 0) is 6.54 Å². The summed E-state index contributed by atoms with van der Waals surface area (Å²) >= 11 is 6.02. The van der Waals surface area contributed by atoms with Crippen LogP contribution in [0.3, 0.4) is 0 Å². The van der Waals surface area contributed by atoms with Crippen LogP contribution in [0, 0.1) is 5.82 Å². The molecular formula is C16H17ClFNO. The van der Waals surface area contributed by atoms with E-state index in [4.69, 9.17) is 16.3 Å². The van der Waals surface area contributed by atoms with E-state index in [-0.39, 0.29) is 11.9 Å². The SMILES string of the molecule is CC(C)Oc1ccc(Cl)cc1CNc1ccc(F)cc1. The van der Waals surface area contributed by atoms with Gasteiger partial charge in [0.25, 0.3) is 0 Å². The standard InChI is InChI=1S/C16H17ClFNO/c1-11(2)20-16-8-3-13(17)9-12(16)10-19-15-6-4-14(18)5-7-15/h3-9,11,19H,10H2,1-2H3. The molecule has 1 N–H and O–H groups in total.